The van der Waals surface area contributed by atoms with E-state index in [1.54, 1.807) is 13.8 Å². The Labute approximate surface area is 145 Å². The van der Waals surface area contributed by atoms with Crippen LogP contribution in [0, 0.1) is 5.41 Å². The third-order valence-electron chi connectivity index (χ3n) is 4.55. The maximum Gasteiger partial charge on any atom is 0.330 e. The SMILES string of the molecule is CCCCCC(=O)OC[C@H]1O[C@@H](n2ccc(=O)[nH]c2=O)C(C)(C)C1O. The number of aliphatic hydroxyl groups is 1. The number of rotatable bonds is 7. The topological polar surface area (TPSA) is 111 Å². The summed E-state index contributed by atoms with van der Waals surface area (Å²) in [5.41, 5.74) is -1.92. The average molecular weight is 354 g/mol. The molecular weight excluding hydrogens is 328 g/mol. The van der Waals surface area contributed by atoms with Crippen LogP contribution in [-0.2, 0) is 14.3 Å². The summed E-state index contributed by atoms with van der Waals surface area (Å²) < 4.78 is 12.2. The minimum absolute atomic E-state index is 0.0792. The monoisotopic (exact) mass is 354 g/mol. The van der Waals surface area contributed by atoms with Crippen molar-refractivity contribution in [3.8, 4) is 0 Å². The van der Waals surface area contributed by atoms with Crippen molar-refractivity contribution in [3.05, 3.63) is 33.1 Å². The molecule has 1 aromatic heterocycles. The highest BCUT2D eigenvalue weighted by Gasteiger charge is 2.51. The van der Waals surface area contributed by atoms with Gasteiger partial charge in [-0.05, 0) is 6.42 Å². The van der Waals surface area contributed by atoms with Gasteiger partial charge < -0.3 is 14.6 Å². The number of hydrogen-bond donors (Lipinski definition) is 2. The lowest BCUT2D eigenvalue weighted by Crippen LogP contribution is -2.39. The lowest BCUT2D eigenvalue weighted by Gasteiger charge is -2.28. The second-order valence-electron chi connectivity index (χ2n) is 6.95. The van der Waals surface area contributed by atoms with Crippen molar-refractivity contribution in [1.29, 1.82) is 0 Å². The fourth-order valence-electron chi connectivity index (χ4n) is 2.97. The molecule has 0 aliphatic carbocycles. The third kappa shape index (κ3) is 4.38. The maximum atomic E-state index is 12.0. The van der Waals surface area contributed by atoms with Crippen molar-refractivity contribution < 1.29 is 19.4 Å². The zero-order chi connectivity index (χ0) is 18.6. The van der Waals surface area contributed by atoms with E-state index in [9.17, 15) is 19.5 Å². The Morgan fingerprint density at radius 2 is 2.12 bits per heavy atom. The van der Waals surface area contributed by atoms with Gasteiger partial charge in [-0.15, -0.1) is 0 Å². The lowest BCUT2D eigenvalue weighted by molar-refractivity contribution is -0.150. The summed E-state index contributed by atoms with van der Waals surface area (Å²) in [4.78, 5) is 37.1. The molecular formula is C17H26N2O6. The highest BCUT2D eigenvalue weighted by atomic mass is 16.6. The van der Waals surface area contributed by atoms with E-state index in [0.29, 0.717) is 6.42 Å². The van der Waals surface area contributed by atoms with Crippen LogP contribution < -0.4 is 11.2 Å². The predicted molar refractivity (Wildman–Crippen MR) is 90.1 cm³/mol. The number of hydrogen-bond acceptors (Lipinski definition) is 6. The van der Waals surface area contributed by atoms with Crippen molar-refractivity contribution in [2.75, 3.05) is 6.61 Å². The Hall–Kier alpha value is -1.93. The van der Waals surface area contributed by atoms with Crippen LogP contribution >= 0.6 is 0 Å². The number of unbranched alkanes of at least 4 members (excludes halogenated alkanes) is 2. The van der Waals surface area contributed by atoms with Gasteiger partial charge in [0.2, 0.25) is 0 Å². The first-order chi connectivity index (χ1) is 11.8. The second kappa shape index (κ2) is 7.97. The number of nitrogens with one attached hydrogen (secondary N) is 1. The van der Waals surface area contributed by atoms with Crippen molar-refractivity contribution in [2.45, 2.75) is 64.9 Å². The molecule has 0 aromatic carbocycles. The fourth-order valence-corrected chi connectivity index (χ4v) is 2.97. The molecule has 2 heterocycles. The summed E-state index contributed by atoms with van der Waals surface area (Å²) in [7, 11) is 0. The largest absolute Gasteiger partial charge is 0.463 e. The van der Waals surface area contributed by atoms with Crippen molar-refractivity contribution in [1.82, 2.24) is 9.55 Å². The summed E-state index contributed by atoms with van der Waals surface area (Å²) in [6.07, 6.45) is 1.96. The van der Waals surface area contributed by atoms with Crippen molar-refractivity contribution >= 4 is 5.97 Å². The van der Waals surface area contributed by atoms with Gasteiger partial charge in [0.1, 0.15) is 18.9 Å². The number of ether oxygens (including phenoxy) is 2. The van der Waals surface area contributed by atoms with E-state index in [0.717, 1.165) is 19.3 Å². The standard InChI is InChI=1S/C17H26N2O6/c1-4-5-6-7-13(21)24-10-11-14(22)17(2,3)15(25-11)19-9-8-12(20)18-16(19)23/h8-9,11,14-15,22H,4-7,10H2,1-3H3,(H,18,20,23)/t11-,14?,15-/m1/s1. The van der Waals surface area contributed by atoms with Crippen LogP contribution in [0.1, 0.15) is 52.7 Å². The summed E-state index contributed by atoms with van der Waals surface area (Å²) in [5.74, 6) is -0.327. The van der Waals surface area contributed by atoms with E-state index >= 15 is 0 Å². The summed E-state index contributed by atoms with van der Waals surface area (Å²) >= 11 is 0. The number of aromatic amines is 1. The molecule has 8 nitrogen and oxygen atoms in total. The first kappa shape index (κ1) is 19.4. The number of H-pyrrole nitrogens is 1. The van der Waals surface area contributed by atoms with Gasteiger partial charge in [-0.25, -0.2) is 4.79 Å². The molecule has 3 atom stereocenters. The Bertz CT molecular complexity index is 708. The molecule has 1 unspecified atom stereocenters. The van der Waals surface area contributed by atoms with Gasteiger partial charge in [-0.2, -0.15) is 0 Å². The first-order valence-corrected chi connectivity index (χ1v) is 8.58. The molecule has 8 heteroatoms. The molecule has 1 fully saturated rings. The van der Waals surface area contributed by atoms with E-state index in [1.807, 2.05) is 0 Å². The number of aromatic nitrogens is 2. The zero-order valence-electron chi connectivity index (χ0n) is 14.9. The number of carbonyl (C=O) groups is 1. The minimum Gasteiger partial charge on any atom is -0.463 e. The zero-order valence-corrected chi connectivity index (χ0v) is 14.9. The van der Waals surface area contributed by atoms with Gasteiger partial charge in [0, 0.05) is 24.1 Å². The van der Waals surface area contributed by atoms with Crippen LogP contribution in [0.4, 0.5) is 0 Å². The quantitative estimate of drug-likeness (QED) is 0.557. The van der Waals surface area contributed by atoms with Crippen LogP contribution in [0.5, 0.6) is 0 Å². The van der Waals surface area contributed by atoms with Crippen LogP contribution in [0.2, 0.25) is 0 Å². The molecule has 0 radical (unpaired) electrons. The summed E-state index contributed by atoms with van der Waals surface area (Å²) in [6.45, 7) is 5.48. The van der Waals surface area contributed by atoms with Gasteiger partial charge in [0.25, 0.3) is 5.56 Å². The summed E-state index contributed by atoms with van der Waals surface area (Å²) in [6, 6.07) is 1.22. The molecule has 0 spiro atoms. The highest BCUT2D eigenvalue weighted by Crippen LogP contribution is 2.44. The Balaban J connectivity index is 2.05. The Morgan fingerprint density at radius 1 is 1.40 bits per heavy atom. The van der Waals surface area contributed by atoms with E-state index in [4.69, 9.17) is 9.47 Å². The number of nitrogens with zero attached hydrogens (tertiary/aromatic N) is 1. The van der Waals surface area contributed by atoms with Gasteiger partial charge >= 0.3 is 11.7 Å². The van der Waals surface area contributed by atoms with Crippen LogP contribution in [0.3, 0.4) is 0 Å². The minimum atomic E-state index is -0.931. The van der Waals surface area contributed by atoms with E-state index in [2.05, 4.69) is 11.9 Å². The molecule has 1 aliphatic rings. The molecule has 140 valence electrons. The maximum absolute atomic E-state index is 12.0. The first-order valence-electron chi connectivity index (χ1n) is 8.58. The molecule has 25 heavy (non-hydrogen) atoms. The van der Waals surface area contributed by atoms with Gasteiger partial charge in [-0.3, -0.25) is 19.1 Å². The second-order valence-corrected chi connectivity index (χ2v) is 6.95. The van der Waals surface area contributed by atoms with Gasteiger partial charge in [0.05, 0.1) is 6.10 Å². The van der Waals surface area contributed by atoms with Crippen molar-refractivity contribution in [3.63, 3.8) is 0 Å². The number of carbonyl (C=O) groups excluding carboxylic acids is 1. The van der Waals surface area contributed by atoms with Crippen molar-refractivity contribution in [2.24, 2.45) is 5.41 Å². The van der Waals surface area contributed by atoms with Gasteiger partial charge in [0.15, 0.2) is 0 Å². The molecule has 0 saturated carbocycles. The summed E-state index contributed by atoms with van der Waals surface area (Å²) in [5, 5.41) is 10.5. The van der Waals surface area contributed by atoms with E-state index in [1.165, 1.54) is 16.8 Å². The molecule has 0 amide bonds. The predicted octanol–water partition coefficient (Wildman–Crippen LogP) is 0.945. The molecule has 1 aliphatic heterocycles. The molecule has 1 saturated heterocycles. The fraction of sp³-hybridized carbons (Fsp3) is 0.706. The Kier molecular flexibility index (Phi) is 6.18. The van der Waals surface area contributed by atoms with E-state index in [-0.39, 0.29) is 12.6 Å². The third-order valence-corrected chi connectivity index (χ3v) is 4.55. The molecule has 1 aromatic rings. The normalized spacial score (nSPS) is 25.0. The molecule has 2 N–H and O–H groups in total. The molecule has 0 bridgehead atoms. The lowest BCUT2D eigenvalue weighted by atomic mass is 9.84. The number of aliphatic hydroxyl groups excluding tert-OH is 1. The number of esters is 1. The smallest absolute Gasteiger partial charge is 0.330 e. The highest BCUT2D eigenvalue weighted by molar-refractivity contribution is 5.69. The average Bonchev–Trinajstić information content (AvgIpc) is 2.77. The van der Waals surface area contributed by atoms with E-state index < -0.39 is 35.1 Å². The van der Waals surface area contributed by atoms with Crippen LogP contribution in [-0.4, -0.2) is 39.4 Å². The Morgan fingerprint density at radius 3 is 2.76 bits per heavy atom. The molecule has 2 rings (SSSR count). The van der Waals surface area contributed by atoms with Crippen LogP contribution in [0.25, 0.3) is 0 Å². The van der Waals surface area contributed by atoms with Gasteiger partial charge in [-0.1, -0.05) is 33.6 Å². The van der Waals surface area contributed by atoms with Crippen LogP contribution in [0.15, 0.2) is 21.9 Å².